The molecule has 0 fully saturated rings. The summed E-state index contributed by atoms with van der Waals surface area (Å²) in [6, 6.07) is 0. The van der Waals surface area contributed by atoms with Gasteiger partial charge in [0.05, 0.1) is 29.4 Å². The quantitative estimate of drug-likeness (QED) is 0.869. The van der Waals surface area contributed by atoms with E-state index in [9.17, 15) is 4.79 Å². The highest BCUT2D eigenvalue weighted by molar-refractivity contribution is 7.09. The Morgan fingerprint density at radius 1 is 1.36 bits per heavy atom. The summed E-state index contributed by atoms with van der Waals surface area (Å²) >= 11 is 1.58. The second kappa shape index (κ2) is 6.12. The largest absolute Gasteiger partial charge is 0.332 e. The van der Waals surface area contributed by atoms with Crippen molar-refractivity contribution in [2.24, 2.45) is 5.92 Å². The molecule has 0 aliphatic carbocycles. The molecule has 0 saturated heterocycles. The van der Waals surface area contributed by atoms with Crippen LogP contribution < -0.4 is 0 Å². The third-order valence-corrected chi connectivity index (χ3v) is 4.47. The van der Waals surface area contributed by atoms with Crippen LogP contribution in [0.5, 0.6) is 0 Å². The van der Waals surface area contributed by atoms with Gasteiger partial charge in [-0.2, -0.15) is 0 Å². The maximum absolute atomic E-state index is 12.4. The van der Waals surface area contributed by atoms with Crippen LogP contribution in [-0.2, 0) is 30.7 Å². The Morgan fingerprint density at radius 3 is 2.86 bits per heavy atom. The highest BCUT2D eigenvalue weighted by atomic mass is 32.1. The van der Waals surface area contributed by atoms with Crippen molar-refractivity contribution >= 4 is 17.2 Å². The van der Waals surface area contributed by atoms with Crippen molar-refractivity contribution in [1.82, 2.24) is 19.9 Å². The summed E-state index contributed by atoms with van der Waals surface area (Å²) in [7, 11) is 0. The van der Waals surface area contributed by atoms with Crippen molar-refractivity contribution in [3.05, 3.63) is 39.4 Å². The van der Waals surface area contributed by atoms with Gasteiger partial charge < -0.3 is 4.90 Å². The van der Waals surface area contributed by atoms with Crippen molar-refractivity contribution in [3.63, 3.8) is 0 Å². The molecule has 1 aliphatic heterocycles. The lowest BCUT2D eigenvalue weighted by molar-refractivity contribution is -0.131. The van der Waals surface area contributed by atoms with E-state index < -0.39 is 0 Å². The van der Waals surface area contributed by atoms with Crippen molar-refractivity contribution in [1.29, 1.82) is 0 Å². The molecule has 0 saturated carbocycles. The van der Waals surface area contributed by atoms with Crippen LogP contribution in [0.2, 0.25) is 0 Å². The van der Waals surface area contributed by atoms with E-state index in [0.29, 0.717) is 25.4 Å². The lowest BCUT2D eigenvalue weighted by atomic mass is 10.1. The Morgan fingerprint density at radius 2 is 2.18 bits per heavy atom. The fourth-order valence-electron chi connectivity index (χ4n) is 2.59. The number of hydrogen-bond donors (Lipinski definition) is 0. The molecule has 22 heavy (non-hydrogen) atoms. The zero-order chi connectivity index (χ0) is 15.7. The SMILES string of the molecule is Cc1nc(CC(=O)N2Cc3cnc(CC(C)C)nc3C2)cs1. The average Bonchev–Trinajstić information content (AvgIpc) is 3.03. The average molecular weight is 316 g/mol. The third kappa shape index (κ3) is 3.32. The van der Waals surface area contributed by atoms with Gasteiger partial charge in [0.25, 0.3) is 0 Å². The number of thiazole rings is 1. The molecule has 3 heterocycles. The molecule has 6 heteroatoms. The Bertz CT molecular complexity index is 695. The lowest BCUT2D eigenvalue weighted by Crippen LogP contribution is -2.27. The molecule has 2 aromatic rings. The zero-order valence-corrected chi connectivity index (χ0v) is 14.0. The van der Waals surface area contributed by atoms with Gasteiger partial charge in [-0.25, -0.2) is 15.0 Å². The Kier molecular flexibility index (Phi) is 4.20. The van der Waals surface area contributed by atoms with Crippen LogP contribution in [-0.4, -0.2) is 25.8 Å². The molecular formula is C16H20N4OS. The van der Waals surface area contributed by atoms with Crippen LogP contribution in [0.4, 0.5) is 0 Å². The molecule has 0 unspecified atom stereocenters. The normalized spacial score (nSPS) is 13.7. The molecule has 0 N–H and O–H groups in total. The van der Waals surface area contributed by atoms with Crippen molar-refractivity contribution < 1.29 is 4.79 Å². The van der Waals surface area contributed by atoms with Gasteiger partial charge in [-0.15, -0.1) is 11.3 Å². The van der Waals surface area contributed by atoms with Gasteiger partial charge in [-0.05, 0) is 12.8 Å². The molecule has 2 aromatic heterocycles. The first kappa shape index (κ1) is 15.1. The Balaban J connectivity index is 1.67. The van der Waals surface area contributed by atoms with Gasteiger partial charge in [-0.3, -0.25) is 4.79 Å². The fourth-order valence-corrected chi connectivity index (χ4v) is 3.20. The van der Waals surface area contributed by atoms with Crippen LogP contribution >= 0.6 is 11.3 Å². The second-order valence-electron chi connectivity index (χ2n) is 6.14. The number of aromatic nitrogens is 3. The molecule has 0 atom stereocenters. The standard InChI is InChI=1S/C16H20N4OS/c1-10(2)4-15-17-6-12-7-20(8-14(12)19-15)16(21)5-13-9-22-11(3)18-13/h6,9-10H,4-5,7-8H2,1-3H3. The summed E-state index contributed by atoms with van der Waals surface area (Å²) in [6.07, 6.45) is 3.12. The first-order valence-electron chi connectivity index (χ1n) is 7.53. The summed E-state index contributed by atoms with van der Waals surface area (Å²) in [5.74, 6) is 1.51. The maximum Gasteiger partial charge on any atom is 0.229 e. The topological polar surface area (TPSA) is 59.0 Å². The van der Waals surface area contributed by atoms with Crippen LogP contribution in [0.3, 0.4) is 0 Å². The summed E-state index contributed by atoms with van der Waals surface area (Å²) in [5, 5.41) is 2.95. The molecule has 0 bridgehead atoms. The van der Waals surface area contributed by atoms with Gasteiger partial charge in [0.2, 0.25) is 5.91 Å². The van der Waals surface area contributed by atoms with E-state index in [1.54, 1.807) is 11.3 Å². The lowest BCUT2D eigenvalue weighted by Gasteiger charge is -2.13. The Hall–Kier alpha value is -1.82. The van der Waals surface area contributed by atoms with Crippen LogP contribution in [0.25, 0.3) is 0 Å². The van der Waals surface area contributed by atoms with Crippen LogP contribution in [0.15, 0.2) is 11.6 Å². The Labute approximate surface area is 134 Å². The minimum absolute atomic E-state index is 0.105. The minimum Gasteiger partial charge on any atom is -0.332 e. The van der Waals surface area contributed by atoms with Gasteiger partial charge >= 0.3 is 0 Å². The van der Waals surface area contributed by atoms with Crippen molar-refractivity contribution in [2.45, 2.75) is 46.7 Å². The fraction of sp³-hybridized carbons (Fsp3) is 0.500. The monoisotopic (exact) mass is 316 g/mol. The van der Waals surface area contributed by atoms with E-state index in [1.165, 1.54) is 0 Å². The predicted octanol–water partition coefficient (Wildman–Crippen LogP) is 2.52. The number of aryl methyl sites for hydroxylation is 1. The molecular weight excluding hydrogens is 296 g/mol. The van der Waals surface area contributed by atoms with E-state index >= 15 is 0 Å². The molecule has 1 amide bonds. The van der Waals surface area contributed by atoms with Crippen LogP contribution in [0, 0.1) is 12.8 Å². The molecule has 0 radical (unpaired) electrons. The number of rotatable bonds is 4. The van der Waals surface area contributed by atoms with Gasteiger partial charge in [0.15, 0.2) is 0 Å². The van der Waals surface area contributed by atoms with E-state index in [1.807, 2.05) is 23.4 Å². The number of nitrogens with zero attached hydrogens (tertiary/aromatic N) is 4. The third-order valence-electron chi connectivity index (χ3n) is 3.65. The predicted molar refractivity (Wildman–Crippen MR) is 85.4 cm³/mol. The van der Waals surface area contributed by atoms with E-state index in [-0.39, 0.29) is 5.91 Å². The van der Waals surface area contributed by atoms with Crippen molar-refractivity contribution in [3.8, 4) is 0 Å². The molecule has 5 nitrogen and oxygen atoms in total. The van der Waals surface area contributed by atoms with E-state index in [2.05, 4.69) is 28.8 Å². The molecule has 3 rings (SSSR count). The highest BCUT2D eigenvalue weighted by Gasteiger charge is 2.25. The summed E-state index contributed by atoms with van der Waals surface area (Å²) in [4.78, 5) is 27.6. The zero-order valence-electron chi connectivity index (χ0n) is 13.2. The van der Waals surface area contributed by atoms with Crippen LogP contribution in [0.1, 0.15) is 41.6 Å². The second-order valence-corrected chi connectivity index (χ2v) is 7.20. The number of hydrogen-bond acceptors (Lipinski definition) is 5. The van der Waals surface area contributed by atoms with Gasteiger partial charge in [0.1, 0.15) is 5.82 Å². The van der Waals surface area contributed by atoms with Crippen molar-refractivity contribution in [2.75, 3.05) is 0 Å². The molecule has 116 valence electrons. The maximum atomic E-state index is 12.4. The molecule has 0 spiro atoms. The number of fused-ring (bicyclic) bond motifs is 1. The highest BCUT2D eigenvalue weighted by Crippen LogP contribution is 2.22. The number of carbonyl (C=O) groups excluding carboxylic acids is 1. The van der Waals surface area contributed by atoms with E-state index in [0.717, 1.165) is 34.2 Å². The molecule has 1 aliphatic rings. The summed E-state index contributed by atoms with van der Waals surface area (Å²) in [5.41, 5.74) is 2.92. The van der Waals surface area contributed by atoms with E-state index in [4.69, 9.17) is 0 Å². The molecule has 0 aromatic carbocycles. The minimum atomic E-state index is 0.105. The van der Waals surface area contributed by atoms with Gasteiger partial charge in [-0.1, -0.05) is 13.8 Å². The summed E-state index contributed by atoms with van der Waals surface area (Å²) in [6.45, 7) is 7.46. The number of carbonyl (C=O) groups is 1. The number of amides is 1. The first-order chi connectivity index (χ1) is 10.5. The van der Waals surface area contributed by atoms with Gasteiger partial charge in [0, 0.05) is 30.1 Å². The summed E-state index contributed by atoms with van der Waals surface area (Å²) < 4.78 is 0. The first-order valence-corrected chi connectivity index (χ1v) is 8.41. The smallest absolute Gasteiger partial charge is 0.229 e.